The van der Waals surface area contributed by atoms with E-state index < -0.39 is 10.7 Å². The minimum atomic E-state index is -0.478. The standard InChI is InChI=1S/C12H8FN3O2S/c13-9-1-3-11(8(5-9)6-14)15-7-10-2-4-12(19-10)16(17)18/h1-5,15H,7H2. The molecular formula is C12H8FN3O2S. The third-order valence-electron chi connectivity index (χ3n) is 2.38. The molecule has 19 heavy (non-hydrogen) atoms. The van der Waals surface area contributed by atoms with E-state index in [9.17, 15) is 14.5 Å². The van der Waals surface area contributed by atoms with E-state index in [0.29, 0.717) is 12.2 Å². The predicted octanol–water partition coefficient (Wildman–Crippen LogP) is 3.28. The first-order valence-electron chi connectivity index (χ1n) is 5.27. The Morgan fingerprint density at radius 2 is 2.21 bits per heavy atom. The molecule has 0 fully saturated rings. The van der Waals surface area contributed by atoms with Crippen LogP contribution in [0.4, 0.5) is 15.1 Å². The zero-order chi connectivity index (χ0) is 13.8. The Morgan fingerprint density at radius 1 is 1.42 bits per heavy atom. The summed E-state index contributed by atoms with van der Waals surface area (Å²) >= 11 is 1.06. The maximum atomic E-state index is 12.9. The Bertz CT molecular complexity index is 663. The van der Waals surface area contributed by atoms with E-state index in [-0.39, 0.29) is 10.6 Å². The molecule has 0 aliphatic rings. The average molecular weight is 277 g/mol. The molecule has 2 rings (SSSR count). The molecule has 0 aliphatic carbocycles. The van der Waals surface area contributed by atoms with Crippen LogP contribution in [-0.4, -0.2) is 4.92 Å². The quantitative estimate of drug-likeness (QED) is 0.687. The van der Waals surface area contributed by atoms with Crippen molar-refractivity contribution in [1.29, 1.82) is 5.26 Å². The van der Waals surface area contributed by atoms with Crippen molar-refractivity contribution in [1.82, 2.24) is 0 Å². The van der Waals surface area contributed by atoms with Crippen LogP contribution in [0.25, 0.3) is 0 Å². The van der Waals surface area contributed by atoms with Crippen molar-refractivity contribution in [2.75, 3.05) is 5.32 Å². The molecule has 0 unspecified atom stereocenters. The minimum absolute atomic E-state index is 0.0661. The smallest absolute Gasteiger partial charge is 0.324 e. The van der Waals surface area contributed by atoms with Gasteiger partial charge in [-0.2, -0.15) is 5.26 Å². The monoisotopic (exact) mass is 277 g/mol. The van der Waals surface area contributed by atoms with Crippen LogP contribution in [0.2, 0.25) is 0 Å². The van der Waals surface area contributed by atoms with E-state index in [4.69, 9.17) is 5.26 Å². The van der Waals surface area contributed by atoms with Gasteiger partial charge in [0, 0.05) is 17.5 Å². The summed E-state index contributed by atoms with van der Waals surface area (Å²) in [6.07, 6.45) is 0. The number of hydrogen-bond acceptors (Lipinski definition) is 5. The predicted molar refractivity (Wildman–Crippen MR) is 69.4 cm³/mol. The van der Waals surface area contributed by atoms with Gasteiger partial charge in [0.25, 0.3) is 0 Å². The third kappa shape index (κ3) is 3.05. The van der Waals surface area contributed by atoms with Gasteiger partial charge in [-0.05, 0) is 24.3 Å². The number of thiophene rings is 1. The minimum Gasteiger partial charge on any atom is -0.379 e. The summed E-state index contributed by atoms with van der Waals surface area (Å²) in [7, 11) is 0. The highest BCUT2D eigenvalue weighted by atomic mass is 32.1. The maximum absolute atomic E-state index is 12.9. The van der Waals surface area contributed by atoms with Crippen LogP contribution in [0.5, 0.6) is 0 Å². The maximum Gasteiger partial charge on any atom is 0.324 e. The van der Waals surface area contributed by atoms with Gasteiger partial charge >= 0.3 is 5.00 Å². The first-order chi connectivity index (χ1) is 9.10. The van der Waals surface area contributed by atoms with Crippen molar-refractivity contribution in [3.63, 3.8) is 0 Å². The molecule has 0 radical (unpaired) electrons. The number of rotatable bonds is 4. The Morgan fingerprint density at radius 3 is 2.84 bits per heavy atom. The largest absolute Gasteiger partial charge is 0.379 e. The second kappa shape index (κ2) is 5.46. The fraction of sp³-hybridized carbons (Fsp3) is 0.0833. The number of nitrogens with zero attached hydrogens (tertiary/aromatic N) is 2. The van der Waals surface area contributed by atoms with Gasteiger partial charge in [-0.3, -0.25) is 10.1 Å². The van der Waals surface area contributed by atoms with Gasteiger partial charge in [-0.25, -0.2) is 4.39 Å². The van der Waals surface area contributed by atoms with E-state index in [2.05, 4.69) is 5.32 Å². The number of hydrogen-bond donors (Lipinski definition) is 1. The number of nitrogens with one attached hydrogen (secondary N) is 1. The highest BCUT2D eigenvalue weighted by Crippen LogP contribution is 2.25. The summed E-state index contributed by atoms with van der Waals surface area (Å²) < 4.78 is 12.9. The van der Waals surface area contributed by atoms with Crippen molar-refractivity contribution in [2.45, 2.75) is 6.54 Å². The highest BCUT2D eigenvalue weighted by molar-refractivity contribution is 7.15. The summed E-state index contributed by atoms with van der Waals surface area (Å²) in [6.45, 7) is 0.346. The average Bonchev–Trinajstić information content (AvgIpc) is 2.86. The molecule has 0 bridgehead atoms. The molecule has 2 aromatic rings. The van der Waals surface area contributed by atoms with Gasteiger partial charge < -0.3 is 5.32 Å². The number of nitriles is 1. The van der Waals surface area contributed by atoms with Crippen LogP contribution < -0.4 is 5.32 Å². The van der Waals surface area contributed by atoms with Crippen molar-refractivity contribution >= 4 is 22.0 Å². The topological polar surface area (TPSA) is 79.0 Å². The second-order valence-electron chi connectivity index (χ2n) is 3.65. The van der Waals surface area contributed by atoms with E-state index in [1.54, 1.807) is 6.07 Å². The Hall–Kier alpha value is -2.46. The second-order valence-corrected chi connectivity index (χ2v) is 4.80. The molecule has 96 valence electrons. The van der Waals surface area contributed by atoms with Gasteiger partial charge in [0.2, 0.25) is 0 Å². The number of nitro groups is 1. The molecule has 7 heteroatoms. The SMILES string of the molecule is N#Cc1cc(F)ccc1NCc1ccc([N+](=O)[O-])s1. The number of anilines is 1. The molecule has 0 saturated carbocycles. The van der Waals surface area contributed by atoms with Crippen molar-refractivity contribution in [3.05, 3.63) is 56.7 Å². The van der Waals surface area contributed by atoms with Crippen LogP contribution in [-0.2, 0) is 6.54 Å². The lowest BCUT2D eigenvalue weighted by Gasteiger charge is -2.06. The molecule has 1 heterocycles. The summed E-state index contributed by atoms with van der Waals surface area (Å²) in [5.41, 5.74) is 0.700. The van der Waals surface area contributed by atoms with Gasteiger partial charge in [0.05, 0.1) is 16.2 Å². The Kier molecular flexibility index (Phi) is 3.73. The zero-order valence-corrected chi connectivity index (χ0v) is 10.4. The summed E-state index contributed by atoms with van der Waals surface area (Å²) in [5, 5.41) is 22.4. The Labute approximate surface area is 112 Å². The van der Waals surface area contributed by atoms with Crippen molar-refractivity contribution in [2.24, 2.45) is 0 Å². The van der Waals surface area contributed by atoms with Gasteiger partial charge in [-0.1, -0.05) is 11.3 Å². The first kappa shape index (κ1) is 13.0. The van der Waals surface area contributed by atoms with Crippen molar-refractivity contribution < 1.29 is 9.31 Å². The number of halogens is 1. The van der Waals surface area contributed by atoms with E-state index in [0.717, 1.165) is 22.3 Å². The first-order valence-corrected chi connectivity index (χ1v) is 6.08. The molecule has 0 atom stereocenters. The molecule has 0 amide bonds. The molecule has 1 aromatic heterocycles. The van der Waals surface area contributed by atoms with Gasteiger partial charge in [-0.15, -0.1) is 0 Å². The summed E-state index contributed by atoms with van der Waals surface area (Å²) in [5.74, 6) is -0.478. The van der Waals surface area contributed by atoms with E-state index in [1.807, 2.05) is 6.07 Å². The fourth-order valence-electron chi connectivity index (χ4n) is 1.51. The zero-order valence-electron chi connectivity index (χ0n) is 9.59. The molecule has 1 aromatic carbocycles. The highest BCUT2D eigenvalue weighted by Gasteiger charge is 2.10. The Balaban J connectivity index is 2.10. The van der Waals surface area contributed by atoms with Crippen LogP contribution in [0.1, 0.15) is 10.4 Å². The van der Waals surface area contributed by atoms with Crippen LogP contribution in [0, 0.1) is 27.3 Å². The number of benzene rings is 1. The van der Waals surface area contributed by atoms with Gasteiger partial charge in [0.15, 0.2) is 0 Å². The van der Waals surface area contributed by atoms with Crippen LogP contribution in [0.15, 0.2) is 30.3 Å². The lowest BCUT2D eigenvalue weighted by molar-refractivity contribution is -0.380. The lowest BCUT2D eigenvalue weighted by Crippen LogP contribution is -2.00. The molecular weight excluding hydrogens is 269 g/mol. The molecule has 0 saturated heterocycles. The molecule has 0 spiro atoms. The van der Waals surface area contributed by atoms with Crippen molar-refractivity contribution in [3.8, 4) is 6.07 Å². The normalized spacial score (nSPS) is 9.89. The third-order valence-corrected chi connectivity index (χ3v) is 3.42. The van der Waals surface area contributed by atoms with E-state index >= 15 is 0 Å². The van der Waals surface area contributed by atoms with E-state index in [1.165, 1.54) is 18.2 Å². The summed E-state index contributed by atoms with van der Waals surface area (Å²) in [6, 6.07) is 8.82. The van der Waals surface area contributed by atoms with Crippen LogP contribution in [0.3, 0.4) is 0 Å². The molecule has 1 N–H and O–H groups in total. The fourth-order valence-corrected chi connectivity index (χ4v) is 2.26. The van der Waals surface area contributed by atoms with Crippen LogP contribution >= 0.6 is 11.3 Å². The molecule has 5 nitrogen and oxygen atoms in total. The van der Waals surface area contributed by atoms with Gasteiger partial charge in [0.1, 0.15) is 11.9 Å². The summed E-state index contributed by atoms with van der Waals surface area (Å²) in [4.78, 5) is 10.8. The molecule has 0 aliphatic heterocycles. The lowest BCUT2D eigenvalue weighted by atomic mass is 10.2.